The minimum atomic E-state index is 0.437. The molecular formula is C16H35N. The Morgan fingerprint density at radius 2 is 1.53 bits per heavy atom. The molecule has 0 aromatic heterocycles. The number of hydrogen-bond donors (Lipinski definition) is 1. The van der Waals surface area contributed by atoms with E-state index in [2.05, 4.69) is 46.9 Å². The quantitative estimate of drug-likeness (QED) is 0.560. The maximum Gasteiger partial charge on any atom is 0.00104 e. The first-order valence-corrected chi connectivity index (χ1v) is 7.61. The molecule has 0 aliphatic heterocycles. The van der Waals surface area contributed by atoms with Crippen LogP contribution in [0.1, 0.15) is 80.1 Å². The maximum atomic E-state index is 3.60. The molecule has 1 N–H and O–H groups in total. The minimum Gasteiger partial charge on any atom is -0.314 e. The molecule has 0 aromatic carbocycles. The Bertz CT molecular complexity index is 167. The van der Waals surface area contributed by atoms with Crippen molar-refractivity contribution in [1.82, 2.24) is 5.32 Å². The van der Waals surface area contributed by atoms with Crippen LogP contribution in [-0.4, -0.2) is 12.6 Å². The van der Waals surface area contributed by atoms with E-state index in [-0.39, 0.29) is 0 Å². The molecule has 0 saturated carbocycles. The van der Waals surface area contributed by atoms with Crippen molar-refractivity contribution in [2.45, 2.75) is 86.1 Å². The molecule has 104 valence electrons. The molecule has 0 rings (SSSR count). The van der Waals surface area contributed by atoms with Gasteiger partial charge in [0.05, 0.1) is 0 Å². The summed E-state index contributed by atoms with van der Waals surface area (Å²) < 4.78 is 0. The first-order valence-electron chi connectivity index (χ1n) is 7.61. The molecule has 0 radical (unpaired) electrons. The average Bonchev–Trinajstić information content (AvgIpc) is 2.19. The van der Waals surface area contributed by atoms with Gasteiger partial charge in [0.15, 0.2) is 0 Å². The molecule has 0 fully saturated rings. The predicted molar refractivity (Wildman–Crippen MR) is 79.5 cm³/mol. The Hall–Kier alpha value is -0.0400. The van der Waals surface area contributed by atoms with Crippen LogP contribution < -0.4 is 5.32 Å². The fourth-order valence-electron chi connectivity index (χ4n) is 2.21. The molecular weight excluding hydrogens is 206 g/mol. The van der Waals surface area contributed by atoms with Crippen molar-refractivity contribution in [3.63, 3.8) is 0 Å². The zero-order chi connectivity index (χ0) is 13.3. The summed E-state index contributed by atoms with van der Waals surface area (Å²) in [6, 6.07) is 0.611. The normalized spacial score (nSPS) is 14.3. The molecule has 0 heterocycles. The summed E-state index contributed by atoms with van der Waals surface area (Å²) in [7, 11) is 0. The predicted octanol–water partition coefficient (Wildman–Crippen LogP) is 5.01. The summed E-state index contributed by atoms with van der Waals surface area (Å²) in [5.74, 6) is 0.812. The van der Waals surface area contributed by atoms with Gasteiger partial charge in [0.2, 0.25) is 0 Å². The van der Waals surface area contributed by atoms with Crippen molar-refractivity contribution in [3.05, 3.63) is 0 Å². The fourth-order valence-corrected chi connectivity index (χ4v) is 2.21. The maximum absolute atomic E-state index is 3.60. The monoisotopic (exact) mass is 241 g/mol. The van der Waals surface area contributed by atoms with Crippen molar-refractivity contribution < 1.29 is 0 Å². The molecule has 1 heteroatoms. The first-order chi connectivity index (χ1) is 7.88. The first kappa shape index (κ1) is 17.0. The van der Waals surface area contributed by atoms with Crippen LogP contribution in [0, 0.1) is 11.3 Å². The van der Waals surface area contributed by atoms with Gasteiger partial charge in [-0.1, -0.05) is 73.6 Å². The van der Waals surface area contributed by atoms with Crippen molar-refractivity contribution in [1.29, 1.82) is 0 Å². The van der Waals surface area contributed by atoms with E-state index in [0.29, 0.717) is 11.5 Å². The van der Waals surface area contributed by atoms with Crippen molar-refractivity contribution in [2.24, 2.45) is 11.3 Å². The van der Waals surface area contributed by atoms with Gasteiger partial charge in [0.1, 0.15) is 0 Å². The average molecular weight is 241 g/mol. The highest BCUT2D eigenvalue weighted by atomic mass is 14.9. The summed E-state index contributed by atoms with van der Waals surface area (Å²) in [6.07, 6.45) is 8.38. The molecule has 0 saturated heterocycles. The summed E-state index contributed by atoms with van der Waals surface area (Å²) in [6.45, 7) is 15.1. The zero-order valence-corrected chi connectivity index (χ0v) is 13.1. The Kier molecular flexibility index (Phi) is 8.94. The molecule has 1 atom stereocenters. The smallest absolute Gasteiger partial charge is 0.00104 e. The van der Waals surface area contributed by atoms with Gasteiger partial charge < -0.3 is 5.32 Å². The number of rotatable bonds is 9. The van der Waals surface area contributed by atoms with Gasteiger partial charge in [-0.2, -0.15) is 0 Å². The SMILES string of the molecule is CCCCCCCC(CNC(C)C)C(C)(C)C. The Morgan fingerprint density at radius 1 is 0.941 bits per heavy atom. The van der Waals surface area contributed by atoms with Crippen LogP contribution in [-0.2, 0) is 0 Å². The summed E-state index contributed by atoms with van der Waals surface area (Å²) >= 11 is 0. The Morgan fingerprint density at radius 3 is 2.00 bits per heavy atom. The second kappa shape index (κ2) is 8.97. The van der Waals surface area contributed by atoms with E-state index >= 15 is 0 Å². The molecule has 17 heavy (non-hydrogen) atoms. The lowest BCUT2D eigenvalue weighted by atomic mass is 9.77. The van der Waals surface area contributed by atoms with Gasteiger partial charge in [-0.15, -0.1) is 0 Å². The zero-order valence-electron chi connectivity index (χ0n) is 13.1. The molecule has 0 bridgehead atoms. The van der Waals surface area contributed by atoms with Gasteiger partial charge in [-0.25, -0.2) is 0 Å². The highest BCUT2D eigenvalue weighted by molar-refractivity contribution is 4.76. The van der Waals surface area contributed by atoms with Crippen molar-refractivity contribution in [3.8, 4) is 0 Å². The third kappa shape index (κ3) is 9.64. The summed E-state index contributed by atoms with van der Waals surface area (Å²) in [5.41, 5.74) is 0.437. The lowest BCUT2D eigenvalue weighted by Gasteiger charge is -2.32. The van der Waals surface area contributed by atoms with Crippen LogP contribution in [0.5, 0.6) is 0 Å². The number of nitrogens with one attached hydrogen (secondary N) is 1. The van der Waals surface area contributed by atoms with Crippen LogP contribution in [0.3, 0.4) is 0 Å². The highest BCUT2D eigenvalue weighted by Crippen LogP contribution is 2.30. The number of unbranched alkanes of at least 4 members (excludes halogenated alkanes) is 4. The van der Waals surface area contributed by atoms with E-state index in [0.717, 1.165) is 5.92 Å². The van der Waals surface area contributed by atoms with E-state index in [1.54, 1.807) is 0 Å². The van der Waals surface area contributed by atoms with E-state index in [9.17, 15) is 0 Å². The standard InChI is InChI=1S/C16H35N/c1-7-8-9-10-11-12-15(16(4,5)6)13-17-14(2)3/h14-15,17H,7-13H2,1-6H3. The van der Waals surface area contributed by atoms with Crippen LogP contribution >= 0.6 is 0 Å². The van der Waals surface area contributed by atoms with E-state index < -0.39 is 0 Å². The lowest BCUT2D eigenvalue weighted by molar-refractivity contribution is 0.209. The Labute approximate surface area is 110 Å². The van der Waals surface area contributed by atoms with Gasteiger partial charge >= 0.3 is 0 Å². The molecule has 0 aromatic rings. The van der Waals surface area contributed by atoms with Crippen molar-refractivity contribution >= 4 is 0 Å². The fraction of sp³-hybridized carbons (Fsp3) is 1.00. The van der Waals surface area contributed by atoms with Crippen LogP contribution in [0.2, 0.25) is 0 Å². The number of hydrogen-bond acceptors (Lipinski definition) is 1. The van der Waals surface area contributed by atoms with Gasteiger partial charge in [0, 0.05) is 6.04 Å². The second-order valence-corrected chi connectivity index (χ2v) is 6.83. The minimum absolute atomic E-state index is 0.437. The molecule has 0 aliphatic carbocycles. The molecule has 1 nitrogen and oxygen atoms in total. The van der Waals surface area contributed by atoms with Crippen LogP contribution in [0.25, 0.3) is 0 Å². The molecule has 0 aliphatic rings. The summed E-state index contributed by atoms with van der Waals surface area (Å²) in [5, 5.41) is 3.60. The van der Waals surface area contributed by atoms with E-state index in [1.165, 1.54) is 45.1 Å². The lowest BCUT2D eigenvalue weighted by Crippen LogP contribution is -2.35. The van der Waals surface area contributed by atoms with Crippen LogP contribution in [0.15, 0.2) is 0 Å². The second-order valence-electron chi connectivity index (χ2n) is 6.83. The van der Waals surface area contributed by atoms with Crippen LogP contribution in [0.4, 0.5) is 0 Å². The third-order valence-corrected chi connectivity index (χ3v) is 3.65. The molecule has 0 spiro atoms. The van der Waals surface area contributed by atoms with Crippen molar-refractivity contribution in [2.75, 3.05) is 6.54 Å². The molecule has 0 amide bonds. The van der Waals surface area contributed by atoms with Gasteiger partial charge in [-0.3, -0.25) is 0 Å². The van der Waals surface area contributed by atoms with E-state index in [4.69, 9.17) is 0 Å². The third-order valence-electron chi connectivity index (χ3n) is 3.65. The Balaban J connectivity index is 3.87. The largest absolute Gasteiger partial charge is 0.314 e. The topological polar surface area (TPSA) is 12.0 Å². The van der Waals surface area contributed by atoms with Gasteiger partial charge in [-0.05, 0) is 24.3 Å². The van der Waals surface area contributed by atoms with E-state index in [1.807, 2.05) is 0 Å². The van der Waals surface area contributed by atoms with Gasteiger partial charge in [0.25, 0.3) is 0 Å². The molecule has 1 unspecified atom stereocenters. The highest BCUT2D eigenvalue weighted by Gasteiger charge is 2.23. The summed E-state index contributed by atoms with van der Waals surface area (Å²) in [4.78, 5) is 0.